The monoisotopic (exact) mass is 682 g/mol. The number of anilines is 1. The van der Waals surface area contributed by atoms with E-state index in [4.69, 9.17) is 26.2 Å². The first-order chi connectivity index (χ1) is 22.9. The highest BCUT2D eigenvalue weighted by molar-refractivity contribution is 6.29. The second-order valence-corrected chi connectivity index (χ2v) is 10.7. The number of hydrogen-bond acceptors (Lipinski definition) is 8. The Bertz CT molecular complexity index is 1390. The molecule has 0 bridgehead atoms. The molecule has 9 nitrogen and oxygen atoms in total. The molecular weight excluding hydrogens is 628 g/mol. The van der Waals surface area contributed by atoms with Crippen LogP contribution in [0.1, 0.15) is 65.2 Å². The number of pyridine rings is 1. The fourth-order valence-electron chi connectivity index (χ4n) is 4.79. The molecule has 1 aromatic heterocycles. The Balaban J connectivity index is 0.000000719. The summed E-state index contributed by atoms with van der Waals surface area (Å²) >= 11 is 5.90. The van der Waals surface area contributed by atoms with Crippen molar-refractivity contribution in [3.63, 3.8) is 0 Å². The number of aromatic nitrogens is 1. The highest BCUT2D eigenvalue weighted by atomic mass is 35.5. The molecule has 0 spiro atoms. The van der Waals surface area contributed by atoms with Gasteiger partial charge in [-0.2, -0.15) is 0 Å². The van der Waals surface area contributed by atoms with Crippen molar-refractivity contribution in [2.24, 2.45) is 10.9 Å². The van der Waals surface area contributed by atoms with E-state index in [2.05, 4.69) is 26.2 Å². The van der Waals surface area contributed by atoms with Crippen molar-refractivity contribution in [1.29, 1.82) is 0 Å². The Kier molecular flexibility index (Phi) is 19.8. The Morgan fingerprint density at radius 2 is 1.71 bits per heavy atom. The number of carbonyl (C=O) groups excluding carboxylic acids is 1. The molecule has 2 fully saturated rings. The van der Waals surface area contributed by atoms with E-state index in [0.29, 0.717) is 35.5 Å². The summed E-state index contributed by atoms with van der Waals surface area (Å²) in [6.07, 6.45) is 6.37. The van der Waals surface area contributed by atoms with Gasteiger partial charge in [0, 0.05) is 50.4 Å². The van der Waals surface area contributed by atoms with Crippen LogP contribution in [-0.4, -0.2) is 80.2 Å². The summed E-state index contributed by atoms with van der Waals surface area (Å²) in [7, 11) is 2.54. The van der Waals surface area contributed by atoms with Crippen molar-refractivity contribution >= 4 is 29.4 Å². The molecule has 1 saturated heterocycles. The number of carbonyl (C=O) groups is 1. The van der Waals surface area contributed by atoms with E-state index in [9.17, 15) is 4.79 Å². The lowest BCUT2D eigenvalue weighted by atomic mass is 10.0. The molecule has 264 valence electrons. The number of methoxy groups -OCH3 is 1. The van der Waals surface area contributed by atoms with Crippen LogP contribution in [0.5, 0.6) is 11.5 Å². The highest BCUT2D eigenvalue weighted by Gasteiger charge is 2.33. The molecule has 1 aliphatic carbocycles. The number of amides is 1. The second-order valence-electron chi connectivity index (χ2n) is 10.3. The largest absolute Gasteiger partial charge is 0.491 e. The number of fused-ring (bicyclic) bond motifs is 1. The van der Waals surface area contributed by atoms with Crippen LogP contribution in [0.15, 0.2) is 78.2 Å². The predicted octanol–water partition coefficient (Wildman–Crippen LogP) is 8.41. The third kappa shape index (κ3) is 12.6. The molecule has 1 saturated carbocycles. The van der Waals surface area contributed by atoms with Crippen LogP contribution in [-0.2, 0) is 4.74 Å². The minimum Gasteiger partial charge on any atom is -0.491 e. The number of hydrogen-bond donors (Lipinski definition) is 1. The fraction of sp³-hybridized carbons (Fsp3) is 0.447. The van der Waals surface area contributed by atoms with Crippen LogP contribution in [0, 0.1) is 5.92 Å². The molecule has 3 heterocycles. The van der Waals surface area contributed by atoms with Gasteiger partial charge in [0.1, 0.15) is 29.4 Å². The molecule has 1 N–H and O–H groups in total. The first kappa shape index (κ1) is 42.1. The van der Waals surface area contributed by atoms with Crippen molar-refractivity contribution in [3.8, 4) is 22.6 Å². The summed E-state index contributed by atoms with van der Waals surface area (Å²) in [4.78, 5) is 25.4. The zero-order chi connectivity index (χ0) is 34.8. The number of halogens is 1. The molecule has 0 atom stereocenters. The minimum absolute atomic E-state index is 0. The normalized spacial score (nSPS) is 14.9. The number of aliphatic hydroxyl groups excluding tert-OH is 1. The second kappa shape index (κ2) is 22.6. The van der Waals surface area contributed by atoms with Crippen LogP contribution in [0.4, 0.5) is 5.69 Å². The van der Waals surface area contributed by atoms with Gasteiger partial charge in [-0.3, -0.25) is 9.69 Å². The summed E-state index contributed by atoms with van der Waals surface area (Å²) in [6.45, 7) is 17.4. The van der Waals surface area contributed by atoms with Gasteiger partial charge < -0.3 is 24.2 Å². The van der Waals surface area contributed by atoms with Gasteiger partial charge in [-0.25, -0.2) is 9.98 Å². The molecular formula is C38H55ClN4O5. The maximum Gasteiger partial charge on any atom is 0.262 e. The predicted molar refractivity (Wildman–Crippen MR) is 200 cm³/mol. The third-order valence-corrected chi connectivity index (χ3v) is 7.41. The van der Waals surface area contributed by atoms with Gasteiger partial charge in [-0.05, 0) is 86.4 Å². The minimum atomic E-state index is -0.0725. The van der Waals surface area contributed by atoms with Gasteiger partial charge in [0.15, 0.2) is 0 Å². The van der Waals surface area contributed by atoms with Crippen molar-refractivity contribution in [3.05, 3.63) is 84.0 Å². The van der Waals surface area contributed by atoms with E-state index in [1.54, 1.807) is 23.4 Å². The molecule has 1 amide bonds. The van der Waals surface area contributed by atoms with Crippen molar-refractivity contribution in [2.45, 2.75) is 61.0 Å². The number of ether oxygens (including phenoxy) is 3. The highest BCUT2D eigenvalue weighted by Crippen LogP contribution is 2.33. The Morgan fingerprint density at radius 1 is 1.06 bits per heavy atom. The SMILES string of the molecule is C.C=C(/N=C\C)OC.CC.CC.CO.O=C1c2ccc(-c3ccc(Cl)nc3)cc2OCCN1c1ccc(OC2CN(CC3CC3)C2)cc1. The lowest BCUT2D eigenvalue weighted by Gasteiger charge is -2.39. The van der Waals surface area contributed by atoms with E-state index < -0.39 is 0 Å². The average Bonchev–Trinajstić information content (AvgIpc) is 3.95. The maximum atomic E-state index is 13.4. The number of likely N-dealkylation sites (tertiary alicyclic amines) is 1. The van der Waals surface area contributed by atoms with Crippen molar-refractivity contribution < 1.29 is 24.1 Å². The summed E-state index contributed by atoms with van der Waals surface area (Å²) in [5, 5.41) is 7.44. The van der Waals surface area contributed by atoms with Gasteiger partial charge in [-0.1, -0.05) is 52.8 Å². The van der Waals surface area contributed by atoms with E-state index in [1.165, 1.54) is 26.5 Å². The van der Waals surface area contributed by atoms with Gasteiger partial charge in [0.2, 0.25) is 5.88 Å². The third-order valence-electron chi connectivity index (χ3n) is 7.19. The number of aliphatic imine (C=N–C) groups is 1. The summed E-state index contributed by atoms with van der Waals surface area (Å²) in [6, 6.07) is 17.1. The first-order valence-electron chi connectivity index (χ1n) is 16.3. The smallest absolute Gasteiger partial charge is 0.262 e. The Hall–Kier alpha value is -3.92. The van der Waals surface area contributed by atoms with Gasteiger partial charge in [0.05, 0.1) is 19.2 Å². The Morgan fingerprint density at radius 3 is 2.25 bits per heavy atom. The number of benzene rings is 2. The van der Waals surface area contributed by atoms with Crippen LogP contribution in [0.25, 0.3) is 11.1 Å². The zero-order valence-corrected chi connectivity index (χ0v) is 29.7. The molecule has 48 heavy (non-hydrogen) atoms. The quantitative estimate of drug-likeness (QED) is 0.145. The molecule has 2 aromatic carbocycles. The fourth-order valence-corrected chi connectivity index (χ4v) is 4.90. The van der Waals surface area contributed by atoms with Crippen LogP contribution < -0.4 is 14.4 Å². The van der Waals surface area contributed by atoms with Crippen molar-refractivity contribution in [1.82, 2.24) is 9.88 Å². The van der Waals surface area contributed by atoms with Gasteiger partial charge in [-0.15, -0.1) is 0 Å². The summed E-state index contributed by atoms with van der Waals surface area (Å²) in [5.74, 6) is 2.72. The molecule has 3 aliphatic rings. The van der Waals surface area contributed by atoms with E-state index in [0.717, 1.165) is 48.7 Å². The van der Waals surface area contributed by atoms with Crippen LogP contribution in [0.2, 0.25) is 5.15 Å². The van der Waals surface area contributed by atoms with Gasteiger partial charge in [0.25, 0.3) is 5.91 Å². The zero-order valence-electron chi connectivity index (χ0n) is 28.9. The molecule has 0 radical (unpaired) electrons. The molecule has 10 heteroatoms. The standard InChI is InChI=1S/C27H26ClN3O3.C5H9NO.2C2H6.CH4O.CH4/c28-26-10-4-20(14-29-26)19-3-9-24-25(13-19)33-12-11-31(27(24)32)21-5-7-22(8-6-21)34-23-16-30(17-23)15-18-1-2-18;1-4-6-5(2)7-3;3*1-2;/h3-10,13-14,18,23H,1-2,11-12,15-17H2;4H,2H2,1,3H3;2*1-2H3;2H,1H3;1H4/b;6-4-;;;;. The lowest BCUT2D eigenvalue weighted by Crippen LogP contribution is -2.54. The maximum absolute atomic E-state index is 13.4. The Labute approximate surface area is 293 Å². The molecule has 3 aromatic rings. The first-order valence-corrected chi connectivity index (χ1v) is 16.7. The summed E-state index contributed by atoms with van der Waals surface area (Å²) < 4.78 is 16.7. The van der Waals surface area contributed by atoms with E-state index >= 15 is 0 Å². The summed E-state index contributed by atoms with van der Waals surface area (Å²) in [5.41, 5.74) is 3.23. The lowest BCUT2D eigenvalue weighted by molar-refractivity contribution is 0.0172. The molecule has 0 unspecified atom stereocenters. The van der Waals surface area contributed by atoms with E-state index in [1.807, 2.05) is 83.1 Å². The number of rotatable bonds is 8. The number of nitrogens with zero attached hydrogens (tertiary/aromatic N) is 4. The van der Waals surface area contributed by atoms with Crippen molar-refractivity contribution in [2.75, 3.05) is 51.9 Å². The van der Waals surface area contributed by atoms with E-state index in [-0.39, 0.29) is 19.4 Å². The topological polar surface area (TPSA) is 96.7 Å². The van der Waals surface area contributed by atoms with Gasteiger partial charge >= 0.3 is 0 Å². The molecule has 6 rings (SSSR count). The molecule has 2 aliphatic heterocycles. The number of aliphatic hydroxyl groups is 1. The average molecular weight is 683 g/mol. The van der Waals surface area contributed by atoms with Crippen LogP contribution >= 0.6 is 11.6 Å². The van der Waals surface area contributed by atoms with Crippen LogP contribution in [0.3, 0.4) is 0 Å².